The van der Waals surface area contributed by atoms with Crippen LogP contribution in [0.5, 0.6) is 5.75 Å². The highest BCUT2D eigenvalue weighted by Gasteiger charge is 2.23. The quantitative estimate of drug-likeness (QED) is 0.858. The second-order valence-electron chi connectivity index (χ2n) is 5.38. The molecule has 0 amide bonds. The zero-order valence-corrected chi connectivity index (χ0v) is 12.3. The van der Waals surface area contributed by atoms with Crippen molar-refractivity contribution in [2.24, 2.45) is 0 Å². The summed E-state index contributed by atoms with van der Waals surface area (Å²) in [5, 5.41) is 13.0. The van der Waals surface area contributed by atoms with Crippen molar-refractivity contribution in [1.82, 2.24) is 0 Å². The zero-order valence-electron chi connectivity index (χ0n) is 12.3. The fraction of sp³-hybridized carbons (Fsp3) is 0.294. The molecule has 0 saturated carbocycles. The Kier molecular flexibility index (Phi) is 4.81. The highest BCUT2D eigenvalue weighted by atomic mass is 19.1. The number of halogens is 1. The number of rotatable bonds is 6. The third kappa shape index (κ3) is 4.20. The van der Waals surface area contributed by atoms with Gasteiger partial charge >= 0.3 is 0 Å². The van der Waals surface area contributed by atoms with Crippen LogP contribution < -0.4 is 10.1 Å². The molecule has 112 valence electrons. The maximum absolute atomic E-state index is 13.3. The lowest BCUT2D eigenvalue weighted by Gasteiger charge is -2.30. The van der Waals surface area contributed by atoms with E-state index >= 15 is 0 Å². The van der Waals surface area contributed by atoms with Gasteiger partial charge in [0.2, 0.25) is 0 Å². The van der Waals surface area contributed by atoms with Gasteiger partial charge in [0, 0.05) is 5.69 Å². The smallest absolute Gasteiger partial charge is 0.123 e. The third-order valence-corrected chi connectivity index (χ3v) is 3.37. The van der Waals surface area contributed by atoms with Gasteiger partial charge in [-0.1, -0.05) is 12.1 Å². The minimum atomic E-state index is -0.567. The molecule has 1 unspecified atom stereocenters. The molecule has 3 nitrogen and oxygen atoms in total. The molecule has 4 heteroatoms. The summed E-state index contributed by atoms with van der Waals surface area (Å²) in [7, 11) is 1.62. The van der Waals surface area contributed by atoms with E-state index in [2.05, 4.69) is 5.32 Å². The molecule has 21 heavy (non-hydrogen) atoms. The van der Waals surface area contributed by atoms with E-state index in [1.54, 1.807) is 13.2 Å². The summed E-state index contributed by atoms with van der Waals surface area (Å²) in [4.78, 5) is 0. The molecule has 0 fully saturated rings. The van der Waals surface area contributed by atoms with E-state index in [0.29, 0.717) is 6.42 Å². The summed E-state index contributed by atoms with van der Waals surface area (Å²) in [5.74, 6) is 0.508. The molecule has 2 aromatic rings. The Balaban J connectivity index is 2.12. The molecule has 1 atom stereocenters. The minimum absolute atomic E-state index is 0.0600. The van der Waals surface area contributed by atoms with Gasteiger partial charge in [-0.25, -0.2) is 4.39 Å². The second-order valence-corrected chi connectivity index (χ2v) is 5.38. The van der Waals surface area contributed by atoms with E-state index < -0.39 is 5.54 Å². The van der Waals surface area contributed by atoms with Crippen molar-refractivity contribution in [1.29, 1.82) is 0 Å². The van der Waals surface area contributed by atoms with Crippen LogP contribution in [0.4, 0.5) is 10.1 Å². The highest BCUT2D eigenvalue weighted by molar-refractivity contribution is 5.48. The Bertz CT molecular complexity index is 586. The van der Waals surface area contributed by atoms with Gasteiger partial charge in [-0.05, 0) is 55.3 Å². The topological polar surface area (TPSA) is 41.5 Å². The number of aliphatic hydroxyl groups excluding tert-OH is 1. The van der Waals surface area contributed by atoms with E-state index in [9.17, 15) is 9.50 Å². The summed E-state index contributed by atoms with van der Waals surface area (Å²) >= 11 is 0. The Labute approximate surface area is 124 Å². The van der Waals surface area contributed by atoms with Crippen molar-refractivity contribution in [3.05, 3.63) is 59.9 Å². The molecule has 0 saturated heterocycles. The molecule has 2 aromatic carbocycles. The van der Waals surface area contributed by atoms with Crippen molar-refractivity contribution < 1.29 is 14.2 Å². The lowest BCUT2D eigenvalue weighted by molar-refractivity contribution is 0.222. The summed E-state index contributed by atoms with van der Waals surface area (Å²) in [5.41, 5.74) is 1.15. The van der Waals surface area contributed by atoms with E-state index in [4.69, 9.17) is 4.74 Å². The summed E-state index contributed by atoms with van der Waals surface area (Å²) in [6.07, 6.45) is 0.521. The molecule has 0 radical (unpaired) electrons. The van der Waals surface area contributed by atoms with Gasteiger partial charge in [-0.15, -0.1) is 0 Å². The van der Waals surface area contributed by atoms with Gasteiger partial charge in [0.1, 0.15) is 11.6 Å². The molecule has 0 aliphatic rings. The molecular formula is C17H20FNO2. The van der Waals surface area contributed by atoms with Gasteiger partial charge in [-0.3, -0.25) is 0 Å². The van der Waals surface area contributed by atoms with Crippen molar-refractivity contribution in [3.63, 3.8) is 0 Å². The van der Waals surface area contributed by atoms with Crippen LogP contribution in [0, 0.1) is 5.82 Å². The molecule has 0 bridgehead atoms. The average molecular weight is 289 g/mol. The predicted molar refractivity (Wildman–Crippen MR) is 82.2 cm³/mol. The van der Waals surface area contributed by atoms with Gasteiger partial charge in [0.25, 0.3) is 0 Å². The molecule has 0 aromatic heterocycles. The number of ether oxygens (including phenoxy) is 1. The van der Waals surface area contributed by atoms with E-state index in [1.807, 2.05) is 37.3 Å². The Morgan fingerprint density at radius 3 is 2.48 bits per heavy atom. The number of hydrogen-bond donors (Lipinski definition) is 2. The maximum Gasteiger partial charge on any atom is 0.123 e. The molecule has 2 rings (SSSR count). The van der Waals surface area contributed by atoms with E-state index in [1.165, 1.54) is 12.1 Å². The highest BCUT2D eigenvalue weighted by Crippen LogP contribution is 2.22. The number of methoxy groups -OCH3 is 1. The number of anilines is 1. The largest absolute Gasteiger partial charge is 0.497 e. The van der Waals surface area contributed by atoms with Crippen molar-refractivity contribution in [2.75, 3.05) is 19.0 Å². The van der Waals surface area contributed by atoms with Crippen LogP contribution in [-0.4, -0.2) is 24.4 Å². The number of benzene rings is 2. The fourth-order valence-electron chi connectivity index (χ4n) is 2.26. The van der Waals surface area contributed by atoms with Crippen molar-refractivity contribution >= 4 is 5.69 Å². The lowest BCUT2D eigenvalue weighted by Crippen LogP contribution is -2.41. The third-order valence-electron chi connectivity index (χ3n) is 3.37. The summed E-state index contributed by atoms with van der Waals surface area (Å²) in [6, 6.07) is 13.9. The molecule has 0 spiro atoms. The van der Waals surface area contributed by atoms with Crippen LogP contribution >= 0.6 is 0 Å². The van der Waals surface area contributed by atoms with Gasteiger partial charge < -0.3 is 15.2 Å². The SMILES string of the molecule is COc1ccc(NC(C)(CO)Cc2cccc(F)c2)cc1. The number of hydrogen-bond acceptors (Lipinski definition) is 3. The van der Waals surface area contributed by atoms with Crippen molar-refractivity contribution in [3.8, 4) is 5.75 Å². The molecule has 2 N–H and O–H groups in total. The number of nitrogens with one attached hydrogen (secondary N) is 1. The Morgan fingerprint density at radius 2 is 1.90 bits per heavy atom. The normalized spacial score (nSPS) is 13.5. The first-order valence-electron chi connectivity index (χ1n) is 6.82. The van der Waals surface area contributed by atoms with Crippen LogP contribution in [0.3, 0.4) is 0 Å². The minimum Gasteiger partial charge on any atom is -0.497 e. The molecular weight excluding hydrogens is 269 g/mol. The maximum atomic E-state index is 13.3. The standard InChI is InChI=1S/C17H20FNO2/c1-17(12-20,11-13-4-3-5-14(18)10-13)19-15-6-8-16(21-2)9-7-15/h3-10,19-20H,11-12H2,1-2H3. The van der Waals surface area contributed by atoms with Crippen LogP contribution in [0.15, 0.2) is 48.5 Å². The van der Waals surface area contributed by atoms with E-state index in [0.717, 1.165) is 17.0 Å². The molecule has 0 aliphatic heterocycles. The first-order chi connectivity index (χ1) is 10.0. The Hall–Kier alpha value is -2.07. The first-order valence-corrected chi connectivity index (χ1v) is 6.82. The van der Waals surface area contributed by atoms with Gasteiger partial charge in [-0.2, -0.15) is 0 Å². The Morgan fingerprint density at radius 1 is 1.19 bits per heavy atom. The van der Waals surface area contributed by atoms with E-state index in [-0.39, 0.29) is 12.4 Å². The van der Waals surface area contributed by atoms with Crippen LogP contribution in [0.25, 0.3) is 0 Å². The number of aliphatic hydroxyl groups is 1. The van der Waals surface area contributed by atoms with Crippen molar-refractivity contribution in [2.45, 2.75) is 18.9 Å². The zero-order chi connectivity index (χ0) is 15.3. The van der Waals surface area contributed by atoms with Crippen LogP contribution in [0.2, 0.25) is 0 Å². The fourth-order valence-corrected chi connectivity index (χ4v) is 2.26. The lowest BCUT2D eigenvalue weighted by atomic mass is 9.93. The monoisotopic (exact) mass is 289 g/mol. The molecule has 0 heterocycles. The average Bonchev–Trinajstić information content (AvgIpc) is 2.48. The van der Waals surface area contributed by atoms with Gasteiger partial charge in [0.05, 0.1) is 19.3 Å². The summed E-state index contributed by atoms with van der Waals surface area (Å²) < 4.78 is 18.4. The second kappa shape index (κ2) is 6.59. The van der Waals surface area contributed by atoms with Crippen LogP contribution in [-0.2, 0) is 6.42 Å². The van der Waals surface area contributed by atoms with Crippen LogP contribution in [0.1, 0.15) is 12.5 Å². The van der Waals surface area contributed by atoms with Gasteiger partial charge in [0.15, 0.2) is 0 Å². The first kappa shape index (κ1) is 15.3. The summed E-state index contributed by atoms with van der Waals surface area (Å²) in [6.45, 7) is 1.84. The molecule has 0 aliphatic carbocycles. The predicted octanol–water partition coefficient (Wildman–Crippen LogP) is 3.24.